The van der Waals surface area contributed by atoms with E-state index in [1.165, 1.54) is 6.07 Å². The molecule has 0 aliphatic rings. The Kier molecular flexibility index (Phi) is 3.61. The summed E-state index contributed by atoms with van der Waals surface area (Å²) in [4.78, 5) is 6.91. The Morgan fingerprint density at radius 2 is 1.95 bits per heavy atom. The average Bonchev–Trinajstić information content (AvgIpc) is 2.34. The summed E-state index contributed by atoms with van der Waals surface area (Å²) < 4.78 is 43.0. The number of rotatable bonds is 2. The van der Waals surface area contributed by atoms with Gasteiger partial charge in [0.05, 0.1) is 4.47 Å². The molecule has 1 aromatic carbocycles. The topological polar surface area (TPSA) is 61.0 Å². The van der Waals surface area contributed by atoms with E-state index in [-0.39, 0.29) is 5.75 Å². The lowest BCUT2D eigenvalue weighted by atomic mass is 10.3. The maximum absolute atomic E-state index is 12.5. The second kappa shape index (κ2) is 5.04. The molecular formula is C11H7BrF3N3O. The smallest absolute Gasteiger partial charge is 0.423 e. The molecule has 0 unspecified atom stereocenters. The van der Waals surface area contributed by atoms with Crippen LogP contribution in [0.3, 0.4) is 0 Å². The first-order valence-electron chi connectivity index (χ1n) is 5.00. The Morgan fingerprint density at radius 3 is 2.63 bits per heavy atom. The van der Waals surface area contributed by atoms with Crippen molar-refractivity contribution in [2.45, 2.75) is 6.18 Å². The fourth-order valence-corrected chi connectivity index (χ4v) is 1.60. The van der Waals surface area contributed by atoms with Crippen molar-refractivity contribution in [1.82, 2.24) is 9.97 Å². The molecule has 19 heavy (non-hydrogen) atoms. The molecule has 0 saturated carbocycles. The van der Waals surface area contributed by atoms with E-state index < -0.39 is 17.9 Å². The maximum Gasteiger partial charge on any atom is 0.433 e. The van der Waals surface area contributed by atoms with Crippen LogP contribution in [0.25, 0.3) is 0 Å². The fourth-order valence-electron chi connectivity index (χ4n) is 1.25. The molecule has 0 radical (unpaired) electrons. The first-order chi connectivity index (χ1) is 8.88. The van der Waals surface area contributed by atoms with Crippen molar-refractivity contribution >= 4 is 21.6 Å². The van der Waals surface area contributed by atoms with Gasteiger partial charge in [-0.2, -0.15) is 18.2 Å². The van der Waals surface area contributed by atoms with Gasteiger partial charge < -0.3 is 10.5 Å². The number of anilines is 1. The van der Waals surface area contributed by atoms with Crippen LogP contribution in [0.2, 0.25) is 0 Å². The SMILES string of the molecule is Nc1cccc(Oc2nccc(C(F)(F)F)n2)c1Br. The van der Waals surface area contributed by atoms with E-state index in [1.54, 1.807) is 12.1 Å². The van der Waals surface area contributed by atoms with E-state index in [9.17, 15) is 13.2 Å². The molecule has 0 aliphatic carbocycles. The molecule has 0 aliphatic heterocycles. The normalized spacial score (nSPS) is 11.4. The third kappa shape index (κ3) is 3.14. The second-order valence-corrected chi connectivity index (χ2v) is 4.28. The van der Waals surface area contributed by atoms with Crippen LogP contribution in [-0.4, -0.2) is 9.97 Å². The number of hydrogen-bond acceptors (Lipinski definition) is 4. The number of nitrogen functional groups attached to an aromatic ring is 1. The Labute approximate surface area is 114 Å². The summed E-state index contributed by atoms with van der Waals surface area (Å²) in [5.41, 5.74) is 4.95. The zero-order chi connectivity index (χ0) is 14.0. The third-order valence-electron chi connectivity index (χ3n) is 2.12. The van der Waals surface area contributed by atoms with Crippen LogP contribution in [0.15, 0.2) is 34.9 Å². The predicted octanol–water partition coefficient (Wildman–Crippen LogP) is 3.63. The monoisotopic (exact) mass is 333 g/mol. The van der Waals surface area contributed by atoms with Gasteiger partial charge in [-0.15, -0.1) is 0 Å². The maximum atomic E-state index is 12.5. The van der Waals surface area contributed by atoms with Crippen LogP contribution >= 0.6 is 15.9 Å². The molecule has 0 atom stereocenters. The highest BCUT2D eigenvalue weighted by molar-refractivity contribution is 9.10. The van der Waals surface area contributed by atoms with Gasteiger partial charge in [-0.25, -0.2) is 4.98 Å². The molecule has 1 heterocycles. The molecule has 0 fully saturated rings. The highest BCUT2D eigenvalue weighted by Gasteiger charge is 2.33. The molecule has 2 N–H and O–H groups in total. The van der Waals surface area contributed by atoms with E-state index in [0.29, 0.717) is 10.2 Å². The Bertz CT molecular complexity index is 604. The summed E-state index contributed by atoms with van der Waals surface area (Å²) >= 11 is 3.17. The van der Waals surface area contributed by atoms with Gasteiger partial charge in [0, 0.05) is 11.9 Å². The number of aromatic nitrogens is 2. The molecule has 8 heteroatoms. The Balaban J connectivity index is 2.31. The standard InChI is InChI=1S/C11H7BrF3N3O/c12-9-6(16)2-1-3-7(9)19-10-17-5-4-8(18-10)11(13,14)15/h1-5H,16H2. The van der Waals surface area contributed by atoms with Crippen LogP contribution in [-0.2, 0) is 6.18 Å². The zero-order valence-corrected chi connectivity index (χ0v) is 10.9. The first kappa shape index (κ1) is 13.6. The molecule has 100 valence electrons. The minimum absolute atomic E-state index is 0.235. The Morgan fingerprint density at radius 1 is 1.21 bits per heavy atom. The van der Waals surface area contributed by atoms with Crippen LogP contribution < -0.4 is 10.5 Å². The van der Waals surface area contributed by atoms with E-state index in [2.05, 4.69) is 25.9 Å². The van der Waals surface area contributed by atoms with Gasteiger partial charge in [0.25, 0.3) is 0 Å². The summed E-state index contributed by atoms with van der Waals surface area (Å²) in [6, 6.07) is 5.11. The molecule has 0 amide bonds. The minimum atomic E-state index is -4.55. The lowest BCUT2D eigenvalue weighted by molar-refractivity contribution is -0.141. The fraction of sp³-hybridized carbons (Fsp3) is 0.0909. The molecule has 2 aromatic rings. The van der Waals surface area contributed by atoms with Gasteiger partial charge >= 0.3 is 12.2 Å². The number of benzene rings is 1. The number of ether oxygens (including phenoxy) is 1. The van der Waals surface area contributed by atoms with E-state index >= 15 is 0 Å². The van der Waals surface area contributed by atoms with Crippen molar-refractivity contribution in [1.29, 1.82) is 0 Å². The van der Waals surface area contributed by atoms with Gasteiger partial charge in [-0.1, -0.05) is 6.07 Å². The molecular weight excluding hydrogens is 327 g/mol. The van der Waals surface area contributed by atoms with Crippen LogP contribution in [0.5, 0.6) is 11.8 Å². The van der Waals surface area contributed by atoms with Crippen molar-refractivity contribution in [2.24, 2.45) is 0 Å². The number of halogens is 4. The van der Waals surface area contributed by atoms with Crippen LogP contribution in [0.4, 0.5) is 18.9 Å². The van der Waals surface area contributed by atoms with E-state index in [0.717, 1.165) is 12.3 Å². The lowest BCUT2D eigenvalue weighted by Crippen LogP contribution is -2.09. The van der Waals surface area contributed by atoms with Crippen molar-refractivity contribution in [2.75, 3.05) is 5.73 Å². The highest BCUT2D eigenvalue weighted by atomic mass is 79.9. The molecule has 0 spiro atoms. The average molecular weight is 334 g/mol. The van der Waals surface area contributed by atoms with E-state index in [4.69, 9.17) is 10.5 Å². The number of alkyl halides is 3. The van der Waals surface area contributed by atoms with E-state index in [1.807, 2.05) is 0 Å². The van der Waals surface area contributed by atoms with Crippen molar-refractivity contribution in [3.63, 3.8) is 0 Å². The number of nitrogens with two attached hydrogens (primary N) is 1. The van der Waals surface area contributed by atoms with Crippen LogP contribution in [0.1, 0.15) is 5.69 Å². The molecule has 0 saturated heterocycles. The number of nitrogens with zero attached hydrogens (tertiary/aromatic N) is 2. The number of hydrogen-bond donors (Lipinski definition) is 1. The highest BCUT2D eigenvalue weighted by Crippen LogP contribution is 2.33. The summed E-state index contributed by atoms with van der Waals surface area (Å²) in [6.45, 7) is 0. The molecule has 0 bridgehead atoms. The largest absolute Gasteiger partial charge is 0.433 e. The summed E-state index contributed by atoms with van der Waals surface area (Å²) in [7, 11) is 0. The van der Waals surface area contributed by atoms with Gasteiger partial charge in [0.2, 0.25) is 0 Å². The summed E-state index contributed by atoms with van der Waals surface area (Å²) in [6.07, 6.45) is -3.57. The van der Waals surface area contributed by atoms with Crippen molar-refractivity contribution < 1.29 is 17.9 Å². The van der Waals surface area contributed by atoms with Gasteiger partial charge in [0.15, 0.2) is 5.69 Å². The zero-order valence-electron chi connectivity index (χ0n) is 9.28. The molecule has 4 nitrogen and oxygen atoms in total. The van der Waals surface area contributed by atoms with Crippen molar-refractivity contribution in [3.05, 3.63) is 40.6 Å². The van der Waals surface area contributed by atoms with Crippen molar-refractivity contribution in [3.8, 4) is 11.8 Å². The third-order valence-corrected chi connectivity index (χ3v) is 2.97. The van der Waals surface area contributed by atoms with Gasteiger partial charge in [-0.05, 0) is 34.1 Å². The second-order valence-electron chi connectivity index (χ2n) is 3.48. The van der Waals surface area contributed by atoms with Gasteiger partial charge in [-0.3, -0.25) is 0 Å². The quantitative estimate of drug-likeness (QED) is 0.852. The minimum Gasteiger partial charge on any atom is -0.423 e. The van der Waals surface area contributed by atoms with Gasteiger partial charge in [0.1, 0.15) is 5.75 Å². The predicted molar refractivity (Wildman–Crippen MR) is 65.7 cm³/mol. The molecule has 2 rings (SSSR count). The molecule has 1 aromatic heterocycles. The Hall–Kier alpha value is -1.83. The first-order valence-corrected chi connectivity index (χ1v) is 5.79. The summed E-state index contributed by atoms with van der Waals surface area (Å²) in [5, 5.41) is 0. The van der Waals surface area contributed by atoms with Crippen LogP contribution in [0, 0.1) is 0 Å². The summed E-state index contributed by atoms with van der Waals surface area (Å²) in [5.74, 6) is 0.235. The lowest BCUT2D eigenvalue weighted by Gasteiger charge is -2.09.